The summed E-state index contributed by atoms with van der Waals surface area (Å²) in [6, 6.07) is 8.14. The molecule has 10 heteroatoms. The first-order valence-electron chi connectivity index (χ1n) is 11.1. The van der Waals surface area contributed by atoms with Crippen LogP contribution in [-0.2, 0) is 35.1 Å². The highest BCUT2D eigenvalue weighted by atomic mass is 16.6. The van der Waals surface area contributed by atoms with E-state index in [0.29, 0.717) is 0 Å². The molecular formula is C25H34N2O8. The van der Waals surface area contributed by atoms with Gasteiger partial charge in [0.05, 0.1) is 13.2 Å². The summed E-state index contributed by atoms with van der Waals surface area (Å²) < 4.78 is 20.4. The van der Waals surface area contributed by atoms with Gasteiger partial charge in [-0.3, -0.25) is 5.32 Å². The van der Waals surface area contributed by atoms with E-state index >= 15 is 0 Å². The van der Waals surface area contributed by atoms with Crippen LogP contribution >= 0.6 is 0 Å². The molecule has 10 nitrogen and oxygen atoms in total. The van der Waals surface area contributed by atoms with Gasteiger partial charge in [0, 0.05) is 6.42 Å². The largest absolute Gasteiger partial charge is 0.464 e. The van der Waals surface area contributed by atoms with Crippen LogP contribution in [0.2, 0.25) is 0 Å². The summed E-state index contributed by atoms with van der Waals surface area (Å²) in [5.74, 6) is -1.43. The van der Waals surface area contributed by atoms with Crippen molar-refractivity contribution in [3.05, 3.63) is 60.3 Å². The van der Waals surface area contributed by atoms with Gasteiger partial charge in [0.1, 0.15) is 23.9 Å². The molecule has 35 heavy (non-hydrogen) atoms. The summed E-state index contributed by atoms with van der Waals surface area (Å²) in [6.45, 7) is 10.2. The number of carbonyl (C=O) groups is 4. The van der Waals surface area contributed by atoms with Crippen LogP contribution in [0.3, 0.4) is 0 Å². The first-order valence-corrected chi connectivity index (χ1v) is 11.1. The summed E-state index contributed by atoms with van der Waals surface area (Å²) in [7, 11) is 0. The van der Waals surface area contributed by atoms with Gasteiger partial charge in [0.15, 0.2) is 0 Å². The summed E-state index contributed by atoms with van der Waals surface area (Å²) in [5.41, 5.74) is 0.0154. The first-order chi connectivity index (χ1) is 16.6. The number of benzene rings is 1. The van der Waals surface area contributed by atoms with Crippen LogP contribution < -0.4 is 10.6 Å². The monoisotopic (exact) mass is 490 g/mol. The third-order valence-corrected chi connectivity index (χ3v) is 4.10. The van der Waals surface area contributed by atoms with Gasteiger partial charge in [-0.25, -0.2) is 19.2 Å². The number of ether oxygens (including phenoxy) is 4. The molecule has 1 atom stereocenters. The van der Waals surface area contributed by atoms with E-state index in [2.05, 4.69) is 17.2 Å². The quantitative estimate of drug-likeness (QED) is 0.149. The van der Waals surface area contributed by atoms with Gasteiger partial charge in [-0.05, 0) is 39.7 Å². The van der Waals surface area contributed by atoms with Crippen molar-refractivity contribution in [1.82, 2.24) is 10.6 Å². The minimum Gasteiger partial charge on any atom is -0.464 e. The second-order valence-corrected chi connectivity index (χ2v) is 8.27. The van der Waals surface area contributed by atoms with Crippen LogP contribution in [0.1, 0.15) is 46.1 Å². The van der Waals surface area contributed by atoms with E-state index in [9.17, 15) is 19.2 Å². The van der Waals surface area contributed by atoms with E-state index in [1.807, 2.05) is 18.2 Å². The smallest absolute Gasteiger partial charge is 0.412 e. The number of nitrogens with one attached hydrogen (secondary N) is 2. The lowest BCUT2D eigenvalue weighted by Crippen LogP contribution is -2.44. The Bertz CT molecular complexity index is 890. The van der Waals surface area contributed by atoms with E-state index < -0.39 is 35.8 Å². The molecule has 0 radical (unpaired) electrons. The number of carbonyl (C=O) groups excluding carboxylic acids is 4. The van der Waals surface area contributed by atoms with E-state index in [-0.39, 0.29) is 38.4 Å². The fourth-order valence-corrected chi connectivity index (χ4v) is 2.52. The van der Waals surface area contributed by atoms with Crippen LogP contribution in [0, 0.1) is 0 Å². The normalized spacial score (nSPS) is 12.1. The lowest BCUT2D eigenvalue weighted by atomic mass is 10.2. The Balaban J connectivity index is 2.36. The molecule has 0 spiro atoms. The zero-order valence-corrected chi connectivity index (χ0v) is 20.6. The number of allylic oxidation sites excluding steroid dienone is 1. The second-order valence-electron chi connectivity index (χ2n) is 8.27. The van der Waals surface area contributed by atoms with E-state index in [1.165, 1.54) is 12.2 Å². The minimum atomic E-state index is -0.953. The second kappa shape index (κ2) is 15.2. The predicted molar refractivity (Wildman–Crippen MR) is 128 cm³/mol. The van der Waals surface area contributed by atoms with Gasteiger partial charge < -0.3 is 24.3 Å². The highest BCUT2D eigenvalue weighted by molar-refractivity contribution is 5.92. The molecule has 0 fully saturated rings. The third-order valence-electron chi connectivity index (χ3n) is 4.10. The zero-order valence-electron chi connectivity index (χ0n) is 20.6. The molecule has 2 amide bonds. The Morgan fingerprint density at radius 2 is 1.66 bits per heavy atom. The van der Waals surface area contributed by atoms with Crippen LogP contribution in [0.25, 0.3) is 0 Å². The lowest BCUT2D eigenvalue weighted by molar-refractivity contribution is -0.147. The average molecular weight is 491 g/mol. The number of rotatable bonds is 12. The molecule has 1 aromatic rings. The summed E-state index contributed by atoms with van der Waals surface area (Å²) in [4.78, 5) is 48.3. The van der Waals surface area contributed by atoms with Crippen LogP contribution in [0.5, 0.6) is 0 Å². The molecule has 0 unspecified atom stereocenters. The van der Waals surface area contributed by atoms with Gasteiger partial charge in [-0.15, -0.1) is 6.58 Å². The Labute approximate surface area is 205 Å². The maximum Gasteiger partial charge on any atom is 0.412 e. The Morgan fingerprint density at radius 1 is 1.00 bits per heavy atom. The van der Waals surface area contributed by atoms with Gasteiger partial charge >= 0.3 is 24.1 Å². The zero-order chi connectivity index (χ0) is 26.3. The van der Waals surface area contributed by atoms with Gasteiger partial charge in [0.2, 0.25) is 0 Å². The van der Waals surface area contributed by atoms with Crippen molar-refractivity contribution in [2.75, 3.05) is 13.2 Å². The Hall–Kier alpha value is -3.82. The number of hydrogen-bond donors (Lipinski definition) is 2. The molecule has 0 saturated carbocycles. The van der Waals surface area contributed by atoms with Crippen molar-refractivity contribution in [3.8, 4) is 0 Å². The molecule has 0 aliphatic rings. The predicted octanol–water partition coefficient (Wildman–Crippen LogP) is 3.76. The van der Waals surface area contributed by atoms with Crippen molar-refractivity contribution in [2.45, 2.75) is 58.8 Å². The van der Waals surface area contributed by atoms with Gasteiger partial charge in [0.25, 0.3) is 0 Å². The van der Waals surface area contributed by atoms with Crippen molar-refractivity contribution < 1.29 is 38.1 Å². The molecule has 0 aromatic heterocycles. The maximum absolute atomic E-state index is 12.3. The molecule has 2 N–H and O–H groups in total. The highest BCUT2D eigenvalue weighted by Crippen LogP contribution is 2.08. The fourth-order valence-electron chi connectivity index (χ4n) is 2.52. The average Bonchev–Trinajstić information content (AvgIpc) is 2.79. The molecular weight excluding hydrogens is 456 g/mol. The number of amides is 2. The molecule has 192 valence electrons. The fraction of sp³-hybridized carbons (Fsp3) is 0.440. The number of alkyl carbamates (subject to hydrolysis) is 2. The molecule has 0 aliphatic heterocycles. The Morgan fingerprint density at radius 3 is 2.26 bits per heavy atom. The van der Waals surface area contributed by atoms with E-state index in [4.69, 9.17) is 18.9 Å². The van der Waals surface area contributed by atoms with Crippen molar-refractivity contribution in [2.24, 2.45) is 0 Å². The number of hydrogen-bond acceptors (Lipinski definition) is 8. The van der Waals surface area contributed by atoms with Crippen LogP contribution in [0.15, 0.2) is 54.8 Å². The SMILES string of the molecule is C=CC[C@@H](NC(=O)OC(C)(C)C)C(=O)OCCCOC(=O)/C(=C/C)NC(=O)OCc1ccccc1. The third kappa shape index (κ3) is 12.9. The highest BCUT2D eigenvalue weighted by Gasteiger charge is 2.24. The minimum absolute atomic E-state index is 0.0481. The Kier molecular flexibility index (Phi) is 12.6. The molecule has 1 rings (SSSR count). The van der Waals surface area contributed by atoms with Crippen molar-refractivity contribution in [1.29, 1.82) is 0 Å². The summed E-state index contributed by atoms with van der Waals surface area (Å²) in [6.07, 6.45) is 1.68. The molecule has 0 bridgehead atoms. The van der Waals surface area contributed by atoms with Crippen LogP contribution in [-0.4, -0.2) is 49.0 Å². The molecule has 0 heterocycles. The summed E-state index contributed by atoms with van der Waals surface area (Å²) in [5, 5.41) is 4.78. The van der Waals surface area contributed by atoms with Crippen LogP contribution in [0.4, 0.5) is 9.59 Å². The molecule has 0 saturated heterocycles. The van der Waals surface area contributed by atoms with Crippen molar-refractivity contribution >= 4 is 24.1 Å². The van der Waals surface area contributed by atoms with Gasteiger partial charge in [-0.1, -0.05) is 42.5 Å². The maximum atomic E-state index is 12.3. The van der Waals surface area contributed by atoms with Gasteiger partial charge in [-0.2, -0.15) is 0 Å². The topological polar surface area (TPSA) is 129 Å². The number of esters is 2. The van der Waals surface area contributed by atoms with E-state index in [1.54, 1.807) is 39.8 Å². The van der Waals surface area contributed by atoms with E-state index in [0.717, 1.165) is 5.56 Å². The lowest BCUT2D eigenvalue weighted by Gasteiger charge is -2.22. The molecule has 0 aliphatic carbocycles. The first kappa shape index (κ1) is 29.2. The standard InChI is InChI=1S/C25H34N2O8/c1-6-12-20(27-24(31)35-25(3,4)5)22(29)33-16-11-15-32-21(28)19(7-2)26-23(30)34-17-18-13-9-8-10-14-18/h6-10,13-14,20H,1,11-12,15-17H2,2-5H3,(H,26,30)(H,27,31)/b19-7-/t20-/m1/s1. The molecule has 1 aromatic carbocycles. The van der Waals surface area contributed by atoms with Crippen molar-refractivity contribution in [3.63, 3.8) is 0 Å². The summed E-state index contributed by atoms with van der Waals surface area (Å²) >= 11 is 0.